The molecule has 2 aromatic carbocycles. The molecule has 1 atom stereocenters. The normalized spacial score (nSPS) is 15.2. The molecule has 0 bridgehead atoms. The van der Waals surface area contributed by atoms with E-state index in [1.807, 2.05) is 43.3 Å². The second-order valence-electron chi connectivity index (χ2n) is 7.27. The molecule has 0 unspecified atom stereocenters. The molecule has 0 spiro atoms. The van der Waals surface area contributed by atoms with Gasteiger partial charge in [0.2, 0.25) is 5.91 Å². The highest BCUT2D eigenvalue weighted by molar-refractivity contribution is 7.15. The van der Waals surface area contributed by atoms with E-state index in [9.17, 15) is 14.7 Å². The van der Waals surface area contributed by atoms with Crippen LogP contribution in [-0.4, -0.2) is 30.7 Å². The van der Waals surface area contributed by atoms with Crippen LogP contribution >= 0.6 is 11.3 Å². The maximum Gasteiger partial charge on any atom is 0.346 e. The smallest absolute Gasteiger partial charge is 0.346 e. The average Bonchev–Trinajstić information content (AvgIpc) is 3.17. The predicted octanol–water partition coefficient (Wildman–Crippen LogP) is 5.38. The minimum absolute atomic E-state index is 0.146. The van der Waals surface area contributed by atoms with Gasteiger partial charge in [-0.25, -0.2) is 4.79 Å². The largest absolute Gasteiger partial charge is 0.497 e. The van der Waals surface area contributed by atoms with Crippen molar-refractivity contribution in [1.82, 2.24) is 0 Å². The van der Waals surface area contributed by atoms with Gasteiger partial charge in [-0.15, -0.1) is 11.3 Å². The Morgan fingerprint density at radius 2 is 1.94 bits per heavy atom. The Hall–Kier alpha value is -3.32. The number of aromatic carboxylic acids is 1. The summed E-state index contributed by atoms with van der Waals surface area (Å²) in [6.07, 6.45) is 1.11. The Labute approximate surface area is 184 Å². The van der Waals surface area contributed by atoms with Crippen LogP contribution in [0.25, 0.3) is 11.1 Å². The van der Waals surface area contributed by atoms with Crippen molar-refractivity contribution in [2.75, 3.05) is 19.0 Å². The van der Waals surface area contributed by atoms with Crippen LogP contribution in [0.15, 0.2) is 48.5 Å². The highest BCUT2D eigenvalue weighted by Crippen LogP contribution is 2.50. The maximum atomic E-state index is 12.7. The van der Waals surface area contributed by atoms with Crippen LogP contribution in [0.1, 0.15) is 45.8 Å². The number of carboxylic acids is 1. The summed E-state index contributed by atoms with van der Waals surface area (Å²) in [5, 5.41) is 12.8. The van der Waals surface area contributed by atoms with Crippen LogP contribution in [0, 0.1) is 0 Å². The number of nitrogens with one attached hydrogen (secondary N) is 1. The van der Waals surface area contributed by atoms with Crippen LogP contribution in [-0.2, 0) is 4.79 Å². The monoisotopic (exact) mass is 437 g/mol. The molecule has 2 heterocycles. The molecule has 0 fully saturated rings. The zero-order valence-electron chi connectivity index (χ0n) is 17.3. The molecule has 0 aliphatic carbocycles. The first-order valence-electron chi connectivity index (χ1n) is 10.1. The highest BCUT2D eigenvalue weighted by atomic mass is 32.1. The zero-order valence-corrected chi connectivity index (χ0v) is 18.1. The molecule has 4 rings (SSSR count). The Bertz CT molecular complexity index is 1120. The summed E-state index contributed by atoms with van der Waals surface area (Å²) in [5.74, 6) is -0.0344. The van der Waals surface area contributed by atoms with Crippen LogP contribution in [0.5, 0.6) is 11.5 Å². The number of anilines is 1. The van der Waals surface area contributed by atoms with Crippen molar-refractivity contribution >= 4 is 28.9 Å². The van der Waals surface area contributed by atoms with Crippen LogP contribution in [0.3, 0.4) is 0 Å². The van der Waals surface area contributed by atoms with Gasteiger partial charge < -0.3 is 19.9 Å². The molecule has 2 N–H and O–H groups in total. The van der Waals surface area contributed by atoms with Gasteiger partial charge in [-0.3, -0.25) is 4.79 Å². The second kappa shape index (κ2) is 8.81. The number of para-hydroxylation sites is 1. The maximum absolute atomic E-state index is 12.7. The van der Waals surface area contributed by atoms with Gasteiger partial charge >= 0.3 is 5.97 Å². The van der Waals surface area contributed by atoms with E-state index in [1.165, 1.54) is 11.3 Å². The number of benzene rings is 2. The van der Waals surface area contributed by atoms with Crippen molar-refractivity contribution in [2.45, 2.75) is 25.7 Å². The lowest BCUT2D eigenvalue weighted by molar-refractivity contribution is -0.116. The topological polar surface area (TPSA) is 84.9 Å². The van der Waals surface area contributed by atoms with Crippen LogP contribution in [0.4, 0.5) is 5.69 Å². The third kappa shape index (κ3) is 4.01. The molecular formula is C24H23NO5S. The van der Waals surface area contributed by atoms with Crippen molar-refractivity contribution in [3.05, 3.63) is 63.8 Å². The number of ether oxygens (including phenoxy) is 2. The number of carbonyl (C=O) groups excluding carboxylic acids is 1. The molecule has 0 radical (unpaired) electrons. The molecule has 0 saturated carbocycles. The second-order valence-corrected chi connectivity index (χ2v) is 8.32. The van der Waals surface area contributed by atoms with E-state index in [1.54, 1.807) is 19.2 Å². The lowest BCUT2D eigenvalue weighted by Crippen LogP contribution is -2.23. The number of rotatable bonds is 7. The molecule has 1 aliphatic heterocycles. The molecule has 1 aliphatic rings. The van der Waals surface area contributed by atoms with E-state index < -0.39 is 5.97 Å². The van der Waals surface area contributed by atoms with Crippen molar-refractivity contribution < 1.29 is 24.2 Å². The zero-order chi connectivity index (χ0) is 22.0. The van der Waals surface area contributed by atoms with E-state index in [-0.39, 0.29) is 23.1 Å². The number of carboxylic acid groups (broad SMARTS) is 1. The van der Waals surface area contributed by atoms with Crippen LogP contribution in [0.2, 0.25) is 0 Å². The first-order chi connectivity index (χ1) is 15.0. The summed E-state index contributed by atoms with van der Waals surface area (Å²) >= 11 is 1.21. The molecule has 1 aromatic heterocycles. The number of fused-ring (bicyclic) bond motifs is 1. The molecule has 1 amide bonds. The first kappa shape index (κ1) is 20.9. The first-order valence-corrected chi connectivity index (χ1v) is 10.9. The van der Waals surface area contributed by atoms with Gasteiger partial charge in [0.1, 0.15) is 16.4 Å². The molecule has 3 aromatic rings. The Kier molecular flexibility index (Phi) is 5.95. The minimum atomic E-state index is -1.02. The van der Waals surface area contributed by atoms with Crippen molar-refractivity contribution in [1.29, 1.82) is 0 Å². The molecule has 7 heteroatoms. The van der Waals surface area contributed by atoms with E-state index in [0.717, 1.165) is 22.6 Å². The van der Waals surface area contributed by atoms with Gasteiger partial charge in [-0.1, -0.05) is 37.3 Å². The third-order valence-corrected chi connectivity index (χ3v) is 6.53. The Balaban J connectivity index is 1.87. The summed E-state index contributed by atoms with van der Waals surface area (Å²) in [6.45, 7) is 2.61. The molecule has 31 heavy (non-hydrogen) atoms. The fourth-order valence-electron chi connectivity index (χ4n) is 3.83. The standard InChI is InChI=1S/C24H23NO5S/c1-3-12-30-18-7-5-4-6-16(18)17-13-19(26)25-21-20(23(24(27)28)31-22(17)21)14-8-10-15(29-2)11-9-14/h4-11,17H,3,12-13H2,1-2H3,(H,25,26)(H,27,28)/t17-/m0/s1. The molecule has 160 valence electrons. The van der Waals surface area contributed by atoms with Gasteiger partial charge in [0.15, 0.2) is 0 Å². The highest BCUT2D eigenvalue weighted by Gasteiger charge is 2.35. The van der Waals surface area contributed by atoms with Crippen molar-refractivity contribution in [3.63, 3.8) is 0 Å². The van der Waals surface area contributed by atoms with Crippen molar-refractivity contribution in [2.24, 2.45) is 0 Å². The fourth-order valence-corrected chi connectivity index (χ4v) is 5.07. The Morgan fingerprint density at radius 3 is 2.61 bits per heavy atom. The number of hydrogen-bond donors (Lipinski definition) is 2. The summed E-state index contributed by atoms with van der Waals surface area (Å²) < 4.78 is 11.1. The summed E-state index contributed by atoms with van der Waals surface area (Å²) in [7, 11) is 1.58. The summed E-state index contributed by atoms with van der Waals surface area (Å²) in [5.41, 5.74) is 2.71. The number of methoxy groups -OCH3 is 1. The van der Waals surface area contributed by atoms with Gasteiger partial charge in [0, 0.05) is 28.3 Å². The quantitative estimate of drug-likeness (QED) is 0.518. The Morgan fingerprint density at radius 1 is 1.19 bits per heavy atom. The molecule has 0 saturated heterocycles. The lowest BCUT2D eigenvalue weighted by Gasteiger charge is -2.25. The van der Waals surface area contributed by atoms with E-state index in [4.69, 9.17) is 9.47 Å². The van der Waals surface area contributed by atoms with E-state index >= 15 is 0 Å². The summed E-state index contributed by atoms with van der Waals surface area (Å²) in [4.78, 5) is 25.8. The number of thiophene rings is 1. The predicted molar refractivity (Wildman–Crippen MR) is 121 cm³/mol. The molecular weight excluding hydrogens is 414 g/mol. The van der Waals surface area contributed by atoms with Gasteiger partial charge in [0.25, 0.3) is 0 Å². The number of amides is 1. The SMILES string of the molecule is CCCOc1ccccc1[C@@H]1CC(=O)Nc2c1sc(C(=O)O)c2-c1ccc(OC)cc1. The summed E-state index contributed by atoms with van der Waals surface area (Å²) in [6, 6.07) is 14.8. The van der Waals surface area contributed by atoms with Crippen LogP contribution < -0.4 is 14.8 Å². The number of carbonyl (C=O) groups is 2. The van der Waals surface area contributed by atoms with Gasteiger partial charge in [0.05, 0.1) is 19.4 Å². The fraction of sp³-hybridized carbons (Fsp3) is 0.250. The van der Waals surface area contributed by atoms with Crippen molar-refractivity contribution in [3.8, 4) is 22.6 Å². The van der Waals surface area contributed by atoms with Gasteiger partial charge in [-0.2, -0.15) is 0 Å². The van der Waals surface area contributed by atoms with E-state index in [0.29, 0.717) is 29.2 Å². The van der Waals surface area contributed by atoms with Gasteiger partial charge in [-0.05, 0) is 30.2 Å². The average molecular weight is 438 g/mol. The minimum Gasteiger partial charge on any atom is -0.497 e. The molecule has 6 nitrogen and oxygen atoms in total. The lowest BCUT2D eigenvalue weighted by atomic mass is 9.88. The van der Waals surface area contributed by atoms with E-state index in [2.05, 4.69) is 5.32 Å². The third-order valence-electron chi connectivity index (χ3n) is 5.23. The number of hydrogen-bond acceptors (Lipinski definition) is 5.